The van der Waals surface area contributed by atoms with Crippen molar-refractivity contribution in [1.82, 2.24) is 0 Å². The molecule has 1 unspecified atom stereocenters. The molecule has 0 bridgehead atoms. The Hall–Kier alpha value is -1.88. The first-order chi connectivity index (χ1) is 10.1. The summed E-state index contributed by atoms with van der Waals surface area (Å²) < 4.78 is 6.15. The van der Waals surface area contributed by atoms with E-state index in [1.54, 1.807) is 14.0 Å². The summed E-state index contributed by atoms with van der Waals surface area (Å²) in [7, 11) is 3.08. The van der Waals surface area contributed by atoms with Crippen molar-refractivity contribution in [1.29, 1.82) is 0 Å². The van der Waals surface area contributed by atoms with Crippen LogP contribution < -0.4 is 4.74 Å². The summed E-state index contributed by atoms with van der Waals surface area (Å²) in [5.41, 5.74) is 0.648. The van der Waals surface area contributed by atoms with Crippen molar-refractivity contribution in [3.05, 3.63) is 40.4 Å². The second kappa shape index (κ2) is 6.72. The average Bonchev–Trinajstić information content (AvgIpc) is 2.51. The van der Waals surface area contributed by atoms with Crippen LogP contribution in [0.25, 0.3) is 10.8 Å². The van der Waals surface area contributed by atoms with E-state index in [1.807, 2.05) is 30.3 Å². The number of methoxy groups -OCH3 is 1. The first-order valence-electron chi connectivity index (χ1n) is 6.45. The minimum Gasteiger partial charge on any atom is -0.496 e. The molecule has 0 aliphatic carbocycles. The van der Waals surface area contributed by atoms with E-state index in [9.17, 15) is 4.79 Å². The minimum atomic E-state index is -0.330. The number of halogens is 1. The minimum absolute atomic E-state index is 0.00430. The van der Waals surface area contributed by atoms with Gasteiger partial charge in [0.2, 0.25) is 0 Å². The molecule has 0 radical (unpaired) electrons. The maximum Gasteiger partial charge on any atom is 0.171 e. The third-order valence-corrected chi connectivity index (χ3v) is 4.04. The van der Waals surface area contributed by atoms with Crippen LogP contribution in [0.3, 0.4) is 0 Å². The van der Waals surface area contributed by atoms with Crippen molar-refractivity contribution in [2.45, 2.75) is 6.92 Å². The van der Waals surface area contributed by atoms with Gasteiger partial charge in [-0.05, 0) is 45.8 Å². The van der Waals surface area contributed by atoms with Crippen LogP contribution in [-0.4, -0.2) is 26.2 Å². The molecule has 2 rings (SSSR count). The highest BCUT2D eigenvalue weighted by Gasteiger charge is 2.15. The lowest BCUT2D eigenvalue weighted by molar-refractivity contribution is 0.0961. The van der Waals surface area contributed by atoms with Crippen molar-refractivity contribution in [2.24, 2.45) is 11.1 Å². The molecule has 0 spiro atoms. The van der Waals surface area contributed by atoms with Gasteiger partial charge >= 0.3 is 0 Å². The molecule has 1 atom stereocenters. The third-order valence-electron chi connectivity index (χ3n) is 3.23. The fourth-order valence-corrected chi connectivity index (χ4v) is 2.72. The van der Waals surface area contributed by atoms with Gasteiger partial charge in [0, 0.05) is 5.56 Å². The van der Waals surface area contributed by atoms with Crippen LogP contribution in [0.4, 0.5) is 0 Å². The van der Waals surface area contributed by atoms with Gasteiger partial charge in [0.25, 0.3) is 0 Å². The van der Waals surface area contributed by atoms with Crippen molar-refractivity contribution >= 4 is 38.7 Å². The van der Waals surface area contributed by atoms with Gasteiger partial charge < -0.3 is 9.57 Å². The van der Waals surface area contributed by atoms with Gasteiger partial charge in [-0.1, -0.05) is 23.4 Å². The first-order valence-corrected chi connectivity index (χ1v) is 7.25. The van der Waals surface area contributed by atoms with Crippen LogP contribution in [0.1, 0.15) is 17.3 Å². The molecule has 110 valence electrons. The molecule has 0 aliphatic rings. The zero-order valence-electron chi connectivity index (χ0n) is 12.1. The topological polar surface area (TPSA) is 47.9 Å². The quantitative estimate of drug-likeness (QED) is 0.464. The normalized spacial score (nSPS) is 12.6. The van der Waals surface area contributed by atoms with E-state index in [2.05, 4.69) is 25.9 Å². The molecule has 0 aliphatic heterocycles. The standard InChI is InChI=1S/C16H16BrNO3/c1-10(9-18-21-3)16(19)12-4-6-13-11(8-12)5-7-14(20-2)15(13)17/h4-10H,1-3H3/b18-9+. The van der Waals surface area contributed by atoms with Crippen molar-refractivity contribution in [3.8, 4) is 5.75 Å². The SMILES string of the molecule is CO/N=C/C(C)C(=O)c1ccc2c(Br)c(OC)ccc2c1. The molecule has 0 N–H and O–H groups in total. The van der Waals surface area contributed by atoms with E-state index in [-0.39, 0.29) is 11.7 Å². The van der Waals surface area contributed by atoms with Crippen LogP contribution in [0.5, 0.6) is 5.75 Å². The van der Waals surface area contributed by atoms with Gasteiger partial charge in [-0.25, -0.2) is 0 Å². The zero-order valence-corrected chi connectivity index (χ0v) is 13.7. The number of hydrogen-bond acceptors (Lipinski definition) is 4. The van der Waals surface area contributed by atoms with Crippen LogP contribution in [0.2, 0.25) is 0 Å². The van der Waals surface area contributed by atoms with Gasteiger partial charge in [-0.2, -0.15) is 0 Å². The van der Waals surface area contributed by atoms with E-state index in [1.165, 1.54) is 13.3 Å². The predicted molar refractivity (Wildman–Crippen MR) is 87.2 cm³/mol. The van der Waals surface area contributed by atoms with Crippen LogP contribution in [0.15, 0.2) is 40.0 Å². The molecule has 2 aromatic rings. The molecule has 0 fully saturated rings. The summed E-state index contributed by atoms with van der Waals surface area (Å²) in [6.45, 7) is 1.79. The fraction of sp³-hybridized carbons (Fsp3) is 0.250. The number of ether oxygens (including phenoxy) is 1. The fourth-order valence-electron chi connectivity index (χ4n) is 2.07. The third kappa shape index (κ3) is 3.24. The Balaban J connectivity index is 2.40. The zero-order chi connectivity index (χ0) is 15.4. The van der Waals surface area contributed by atoms with Gasteiger partial charge in [0.15, 0.2) is 5.78 Å². The number of ketones is 1. The van der Waals surface area contributed by atoms with E-state index in [4.69, 9.17) is 4.74 Å². The molecule has 4 nitrogen and oxygen atoms in total. The second-order valence-electron chi connectivity index (χ2n) is 4.61. The number of fused-ring (bicyclic) bond motifs is 1. The highest BCUT2D eigenvalue weighted by Crippen LogP contribution is 2.33. The first kappa shape index (κ1) is 15.5. The summed E-state index contributed by atoms with van der Waals surface area (Å²) in [5.74, 6) is 0.441. The Morgan fingerprint density at radius 3 is 2.71 bits per heavy atom. The lowest BCUT2D eigenvalue weighted by Gasteiger charge is -2.09. The molecule has 0 saturated heterocycles. The number of oxime groups is 1. The molecule has 0 amide bonds. The van der Waals surface area contributed by atoms with Gasteiger partial charge in [0.05, 0.1) is 23.7 Å². The van der Waals surface area contributed by atoms with Crippen LogP contribution in [0, 0.1) is 5.92 Å². The molecule has 0 heterocycles. The lowest BCUT2D eigenvalue weighted by atomic mass is 9.97. The maximum atomic E-state index is 12.3. The highest BCUT2D eigenvalue weighted by molar-refractivity contribution is 9.10. The molecule has 2 aromatic carbocycles. The van der Waals surface area contributed by atoms with Gasteiger partial charge in [0.1, 0.15) is 12.9 Å². The number of Topliss-reactive ketones (excluding diaryl/α,β-unsaturated/α-hetero) is 1. The predicted octanol–water partition coefficient (Wildman–Crippen LogP) is 4.06. The summed E-state index contributed by atoms with van der Waals surface area (Å²) >= 11 is 3.52. The monoisotopic (exact) mass is 349 g/mol. The Morgan fingerprint density at radius 1 is 1.29 bits per heavy atom. The lowest BCUT2D eigenvalue weighted by Crippen LogP contribution is -2.12. The van der Waals surface area contributed by atoms with Crippen LogP contribution >= 0.6 is 15.9 Å². The number of nitrogens with zero attached hydrogens (tertiary/aromatic N) is 1. The van der Waals surface area contributed by atoms with E-state index in [0.29, 0.717) is 5.56 Å². The highest BCUT2D eigenvalue weighted by atomic mass is 79.9. The maximum absolute atomic E-state index is 12.3. The summed E-state index contributed by atoms with van der Waals surface area (Å²) in [6.07, 6.45) is 1.50. The summed E-state index contributed by atoms with van der Waals surface area (Å²) in [6, 6.07) is 9.40. The molecule has 0 aromatic heterocycles. The van der Waals surface area contributed by atoms with Crippen molar-refractivity contribution in [2.75, 3.05) is 14.2 Å². The summed E-state index contributed by atoms with van der Waals surface area (Å²) in [5, 5.41) is 5.63. The molecule has 21 heavy (non-hydrogen) atoms. The van der Waals surface area contributed by atoms with Crippen molar-refractivity contribution < 1.29 is 14.4 Å². The van der Waals surface area contributed by atoms with Gasteiger partial charge in [-0.3, -0.25) is 4.79 Å². The Labute approximate surface area is 131 Å². The van der Waals surface area contributed by atoms with E-state index < -0.39 is 0 Å². The molecule has 5 heteroatoms. The van der Waals surface area contributed by atoms with Gasteiger partial charge in [-0.15, -0.1) is 0 Å². The molecule has 0 saturated carbocycles. The molecular weight excluding hydrogens is 334 g/mol. The second-order valence-corrected chi connectivity index (χ2v) is 5.40. The number of rotatable bonds is 5. The average molecular weight is 350 g/mol. The smallest absolute Gasteiger partial charge is 0.171 e. The number of carbonyl (C=O) groups excluding carboxylic acids is 1. The number of hydrogen-bond donors (Lipinski definition) is 0. The summed E-state index contributed by atoms with van der Waals surface area (Å²) in [4.78, 5) is 16.9. The Kier molecular flexibility index (Phi) is 4.96. The van der Waals surface area contributed by atoms with E-state index >= 15 is 0 Å². The van der Waals surface area contributed by atoms with E-state index in [0.717, 1.165) is 21.0 Å². The Morgan fingerprint density at radius 2 is 2.05 bits per heavy atom. The largest absolute Gasteiger partial charge is 0.496 e. The number of carbonyl (C=O) groups is 1. The number of benzene rings is 2. The Bertz CT molecular complexity index is 697. The molecular formula is C16H16BrNO3. The van der Waals surface area contributed by atoms with Crippen molar-refractivity contribution in [3.63, 3.8) is 0 Å². The van der Waals surface area contributed by atoms with Crippen LogP contribution in [-0.2, 0) is 4.84 Å².